The highest BCUT2D eigenvalue weighted by molar-refractivity contribution is 5.78. The van der Waals surface area contributed by atoms with Gasteiger partial charge in [-0.05, 0) is 19.8 Å². The number of amides is 1. The lowest BCUT2D eigenvalue weighted by Gasteiger charge is -2.05. The van der Waals surface area contributed by atoms with Crippen molar-refractivity contribution < 1.29 is 23.2 Å². The Bertz CT molecular complexity index is 516. The zero-order chi connectivity index (χ0) is 15.7. The van der Waals surface area contributed by atoms with E-state index in [1.165, 1.54) is 0 Å². The maximum Gasteiger partial charge on any atom is 0.519 e. The van der Waals surface area contributed by atoms with Crippen LogP contribution in [0.2, 0.25) is 0 Å². The topological polar surface area (TPSA) is 98.8 Å². The van der Waals surface area contributed by atoms with Gasteiger partial charge in [-0.1, -0.05) is 13.3 Å². The Morgan fingerprint density at radius 3 is 2.52 bits per heavy atom. The summed E-state index contributed by atoms with van der Waals surface area (Å²) in [6.07, 6.45) is 2.91. The lowest BCUT2D eigenvalue weighted by atomic mass is 10.1. The van der Waals surface area contributed by atoms with E-state index in [1.807, 2.05) is 6.92 Å². The zero-order valence-electron chi connectivity index (χ0n) is 12.4. The average molecular weight is 299 g/mol. The number of ketones is 1. The van der Waals surface area contributed by atoms with E-state index < -0.39 is 11.9 Å². The van der Waals surface area contributed by atoms with Gasteiger partial charge in [0, 0.05) is 19.4 Å². The highest BCUT2D eigenvalue weighted by Crippen LogP contribution is 2.06. The van der Waals surface area contributed by atoms with Crippen LogP contribution in [0.25, 0.3) is 0 Å². The maximum absolute atomic E-state index is 11.4. The van der Waals surface area contributed by atoms with Crippen LogP contribution in [0.3, 0.4) is 0 Å². The smallest absolute Gasteiger partial charge is 0.441 e. The van der Waals surface area contributed by atoms with Crippen LogP contribution in [0.5, 0.6) is 0 Å². The fourth-order valence-electron chi connectivity index (χ4n) is 1.66. The molecular formula is C14H21NO6. The molecule has 0 saturated heterocycles. The first-order valence-electron chi connectivity index (χ1n) is 7.04. The summed E-state index contributed by atoms with van der Waals surface area (Å²) in [4.78, 5) is 33.6. The Kier molecular flexibility index (Phi) is 7.28. The van der Waals surface area contributed by atoms with Crippen LogP contribution < -0.4 is 11.1 Å². The Balaban J connectivity index is 2.13. The summed E-state index contributed by atoms with van der Waals surface area (Å²) in [5.74, 6) is -0.140. The van der Waals surface area contributed by atoms with Crippen molar-refractivity contribution >= 4 is 11.9 Å². The number of rotatable bonds is 9. The van der Waals surface area contributed by atoms with Gasteiger partial charge in [-0.25, -0.2) is 9.59 Å². The van der Waals surface area contributed by atoms with E-state index in [4.69, 9.17) is 4.74 Å². The number of alkyl carbamates (subject to hydrolysis) is 1. The van der Waals surface area contributed by atoms with E-state index in [2.05, 4.69) is 14.2 Å². The number of hydrogen-bond donors (Lipinski definition) is 1. The lowest BCUT2D eigenvalue weighted by Crippen LogP contribution is -2.25. The standard InChI is InChI=1S/C14H21NO6/c1-3-4-6-11(16)7-5-8-15-13(17)19-9-12-10(2)20-14(18)21-12/h3-9H2,1-2H3,(H,15,17). The number of ether oxygens (including phenoxy) is 1. The van der Waals surface area contributed by atoms with Gasteiger partial charge in [-0.3, -0.25) is 4.79 Å². The van der Waals surface area contributed by atoms with Gasteiger partial charge in [0.25, 0.3) is 0 Å². The summed E-state index contributed by atoms with van der Waals surface area (Å²) in [6, 6.07) is 0. The van der Waals surface area contributed by atoms with Crippen molar-refractivity contribution in [2.24, 2.45) is 0 Å². The fraction of sp³-hybridized carbons (Fsp3) is 0.643. The maximum atomic E-state index is 11.4. The van der Waals surface area contributed by atoms with Crippen molar-refractivity contribution in [2.75, 3.05) is 6.54 Å². The van der Waals surface area contributed by atoms with Gasteiger partial charge in [-0.2, -0.15) is 0 Å². The van der Waals surface area contributed by atoms with Gasteiger partial charge in [-0.15, -0.1) is 0 Å². The molecule has 7 heteroatoms. The van der Waals surface area contributed by atoms with Crippen molar-refractivity contribution in [3.8, 4) is 0 Å². The predicted octanol–water partition coefficient (Wildman–Crippen LogP) is 2.31. The number of Topliss-reactive ketones (excluding diaryl/α,β-unsaturated/α-hetero) is 1. The van der Waals surface area contributed by atoms with Crippen molar-refractivity contribution in [3.05, 3.63) is 22.1 Å². The van der Waals surface area contributed by atoms with Gasteiger partial charge >= 0.3 is 11.9 Å². The first-order valence-corrected chi connectivity index (χ1v) is 7.04. The quantitative estimate of drug-likeness (QED) is 0.702. The average Bonchev–Trinajstić information content (AvgIpc) is 2.77. The molecule has 1 N–H and O–H groups in total. The summed E-state index contributed by atoms with van der Waals surface area (Å²) < 4.78 is 14.2. The van der Waals surface area contributed by atoms with Gasteiger partial charge in [0.05, 0.1) is 0 Å². The molecule has 0 aliphatic heterocycles. The molecule has 1 heterocycles. The van der Waals surface area contributed by atoms with Gasteiger partial charge in [0.2, 0.25) is 0 Å². The third-order valence-electron chi connectivity index (χ3n) is 2.88. The highest BCUT2D eigenvalue weighted by atomic mass is 16.6. The molecule has 0 atom stereocenters. The molecule has 1 aromatic rings. The minimum atomic E-state index is -0.822. The minimum absolute atomic E-state index is 0.168. The minimum Gasteiger partial charge on any atom is -0.441 e. The molecule has 1 rings (SSSR count). The summed E-state index contributed by atoms with van der Waals surface area (Å²) >= 11 is 0. The van der Waals surface area contributed by atoms with Crippen LogP contribution in [0, 0.1) is 6.92 Å². The van der Waals surface area contributed by atoms with Crippen LogP contribution in [-0.4, -0.2) is 18.4 Å². The van der Waals surface area contributed by atoms with E-state index in [0.717, 1.165) is 12.8 Å². The molecule has 0 bridgehead atoms. The first-order chi connectivity index (χ1) is 10.0. The van der Waals surface area contributed by atoms with Crippen LogP contribution in [0.4, 0.5) is 4.79 Å². The molecule has 0 aliphatic rings. The van der Waals surface area contributed by atoms with E-state index >= 15 is 0 Å². The summed E-state index contributed by atoms with van der Waals surface area (Å²) in [6.45, 7) is 3.78. The van der Waals surface area contributed by atoms with Crippen molar-refractivity contribution in [1.29, 1.82) is 0 Å². The monoisotopic (exact) mass is 299 g/mol. The van der Waals surface area contributed by atoms with Crippen LogP contribution >= 0.6 is 0 Å². The largest absolute Gasteiger partial charge is 0.519 e. The summed E-state index contributed by atoms with van der Waals surface area (Å²) in [7, 11) is 0. The van der Waals surface area contributed by atoms with Crippen molar-refractivity contribution in [2.45, 2.75) is 52.6 Å². The molecule has 0 unspecified atom stereocenters. The number of carbonyl (C=O) groups is 2. The van der Waals surface area contributed by atoms with Crippen molar-refractivity contribution in [1.82, 2.24) is 5.32 Å². The second kappa shape index (κ2) is 8.99. The third kappa shape index (κ3) is 6.78. The first kappa shape index (κ1) is 17.0. The lowest BCUT2D eigenvalue weighted by molar-refractivity contribution is -0.119. The van der Waals surface area contributed by atoms with Crippen molar-refractivity contribution in [3.63, 3.8) is 0 Å². The zero-order valence-corrected chi connectivity index (χ0v) is 12.4. The SMILES string of the molecule is CCCCC(=O)CCCNC(=O)OCc1oc(=O)oc1C. The Labute approximate surface area is 122 Å². The number of aryl methyl sites for hydroxylation is 1. The number of hydrogen-bond acceptors (Lipinski definition) is 6. The molecule has 0 aromatic carbocycles. The second-order valence-corrected chi connectivity index (χ2v) is 4.68. The molecule has 0 radical (unpaired) electrons. The highest BCUT2D eigenvalue weighted by Gasteiger charge is 2.11. The Morgan fingerprint density at radius 1 is 1.19 bits per heavy atom. The molecular weight excluding hydrogens is 278 g/mol. The number of carbonyl (C=O) groups excluding carboxylic acids is 2. The molecule has 0 saturated carbocycles. The normalized spacial score (nSPS) is 10.4. The molecule has 1 amide bonds. The van der Waals surface area contributed by atoms with Gasteiger partial charge < -0.3 is 18.9 Å². The molecule has 118 valence electrons. The Morgan fingerprint density at radius 2 is 1.90 bits per heavy atom. The number of nitrogens with one attached hydrogen (secondary N) is 1. The number of unbranched alkanes of at least 4 members (excludes halogenated alkanes) is 1. The van der Waals surface area contributed by atoms with E-state index in [0.29, 0.717) is 25.8 Å². The van der Waals surface area contributed by atoms with Crippen LogP contribution in [0.15, 0.2) is 13.6 Å². The molecule has 21 heavy (non-hydrogen) atoms. The summed E-state index contributed by atoms with van der Waals surface area (Å²) in [5.41, 5.74) is 0. The molecule has 7 nitrogen and oxygen atoms in total. The molecule has 1 aromatic heterocycles. The molecule has 0 fully saturated rings. The second-order valence-electron chi connectivity index (χ2n) is 4.68. The predicted molar refractivity (Wildman–Crippen MR) is 73.9 cm³/mol. The summed E-state index contributed by atoms with van der Waals surface area (Å²) in [5, 5.41) is 2.53. The van der Waals surface area contributed by atoms with E-state index in [1.54, 1.807) is 6.92 Å². The van der Waals surface area contributed by atoms with E-state index in [9.17, 15) is 14.4 Å². The van der Waals surface area contributed by atoms with E-state index in [-0.39, 0.29) is 23.9 Å². The fourth-order valence-corrected chi connectivity index (χ4v) is 1.66. The van der Waals surface area contributed by atoms with Gasteiger partial charge in [0.15, 0.2) is 18.1 Å². The van der Waals surface area contributed by atoms with Crippen LogP contribution in [-0.2, 0) is 16.1 Å². The Hall–Kier alpha value is -2.05. The molecule has 0 aliphatic carbocycles. The van der Waals surface area contributed by atoms with Gasteiger partial charge in [0.1, 0.15) is 5.78 Å². The molecule has 0 spiro atoms. The third-order valence-corrected chi connectivity index (χ3v) is 2.88. The van der Waals surface area contributed by atoms with Crippen LogP contribution in [0.1, 0.15) is 50.5 Å².